The summed E-state index contributed by atoms with van der Waals surface area (Å²) in [5.74, 6) is 0.602. The average Bonchev–Trinajstić information content (AvgIpc) is 2.83. The lowest BCUT2D eigenvalue weighted by Crippen LogP contribution is -2.30. The first-order valence-electron chi connectivity index (χ1n) is 10.2. The van der Waals surface area contributed by atoms with Crippen LogP contribution in [0.1, 0.15) is 30.1 Å². The van der Waals surface area contributed by atoms with Crippen LogP contribution in [0.2, 0.25) is 0 Å². The first-order chi connectivity index (χ1) is 16.0. The van der Waals surface area contributed by atoms with Crippen molar-refractivity contribution in [3.05, 3.63) is 70.5 Å². The van der Waals surface area contributed by atoms with Gasteiger partial charge in [0.25, 0.3) is 5.91 Å². The van der Waals surface area contributed by atoms with Crippen molar-refractivity contribution in [3.63, 3.8) is 0 Å². The molecule has 172 valence electrons. The van der Waals surface area contributed by atoms with E-state index < -0.39 is 16.5 Å². The molecular formula is C22H24N6O5. The molecule has 0 radical (unpaired) electrons. The van der Waals surface area contributed by atoms with Crippen molar-refractivity contribution in [1.29, 1.82) is 0 Å². The topological polar surface area (TPSA) is 141 Å². The van der Waals surface area contributed by atoms with E-state index in [0.29, 0.717) is 29.4 Å². The molecule has 0 aliphatic carbocycles. The highest BCUT2D eigenvalue weighted by Crippen LogP contribution is 2.31. The van der Waals surface area contributed by atoms with E-state index in [0.717, 1.165) is 19.2 Å². The molecule has 0 saturated heterocycles. The van der Waals surface area contributed by atoms with Gasteiger partial charge in [-0.15, -0.1) is 0 Å². The lowest BCUT2D eigenvalue weighted by atomic mass is 10.2. The number of amides is 1. The quantitative estimate of drug-likeness (QED) is 0.223. The Balaban J connectivity index is 1.71. The number of hydrogen-bond acceptors (Lipinski definition) is 9. The van der Waals surface area contributed by atoms with Crippen molar-refractivity contribution in [1.82, 2.24) is 15.4 Å². The Morgan fingerprint density at radius 3 is 2.33 bits per heavy atom. The largest absolute Gasteiger partial charge is 0.497 e. The van der Waals surface area contributed by atoms with E-state index in [4.69, 9.17) is 9.47 Å². The molecule has 0 unspecified atom stereocenters. The summed E-state index contributed by atoms with van der Waals surface area (Å²) in [5, 5.41) is 14.6. The highest BCUT2D eigenvalue weighted by Gasteiger charge is 2.23. The summed E-state index contributed by atoms with van der Waals surface area (Å²) in [4.78, 5) is 31.3. The molecule has 3 aromatic rings. The average molecular weight is 452 g/mol. The molecule has 3 rings (SSSR count). The molecule has 0 fully saturated rings. The van der Waals surface area contributed by atoms with E-state index in [1.54, 1.807) is 48.5 Å². The summed E-state index contributed by atoms with van der Waals surface area (Å²) in [6, 6.07) is 13.4. The third kappa shape index (κ3) is 6.29. The minimum atomic E-state index is -0.633. The van der Waals surface area contributed by atoms with Crippen LogP contribution in [0.3, 0.4) is 0 Å². The number of benzene rings is 2. The molecule has 1 amide bonds. The highest BCUT2D eigenvalue weighted by molar-refractivity contribution is 5.95. The SMILES string of the molecule is CCCCOc1ccc(Nc2ncnc(NNC(=O)c3ccc(OC)cc3)c2[N+](=O)[O-])cc1. The first kappa shape index (κ1) is 23.3. The van der Waals surface area contributed by atoms with Gasteiger partial charge in [0.15, 0.2) is 0 Å². The lowest BCUT2D eigenvalue weighted by molar-refractivity contribution is -0.383. The summed E-state index contributed by atoms with van der Waals surface area (Å²) >= 11 is 0. The molecule has 0 spiro atoms. The van der Waals surface area contributed by atoms with E-state index in [-0.39, 0.29) is 11.6 Å². The number of rotatable bonds is 11. The Hall–Kier alpha value is -4.41. The van der Waals surface area contributed by atoms with Gasteiger partial charge in [0.2, 0.25) is 11.6 Å². The van der Waals surface area contributed by atoms with E-state index in [2.05, 4.69) is 33.1 Å². The van der Waals surface area contributed by atoms with Crippen LogP contribution in [-0.4, -0.2) is 34.5 Å². The molecule has 1 aromatic heterocycles. The summed E-state index contributed by atoms with van der Waals surface area (Å²) in [6.07, 6.45) is 3.14. The van der Waals surface area contributed by atoms with Crippen molar-refractivity contribution in [2.45, 2.75) is 19.8 Å². The normalized spacial score (nSPS) is 10.2. The predicted molar refractivity (Wildman–Crippen MR) is 123 cm³/mol. The summed E-state index contributed by atoms with van der Waals surface area (Å²) in [6.45, 7) is 2.70. The molecule has 3 N–H and O–H groups in total. The number of carbonyl (C=O) groups is 1. The smallest absolute Gasteiger partial charge is 0.355 e. The van der Waals surface area contributed by atoms with E-state index in [9.17, 15) is 14.9 Å². The fourth-order valence-electron chi connectivity index (χ4n) is 2.77. The van der Waals surface area contributed by atoms with Crippen LogP contribution in [0.5, 0.6) is 11.5 Å². The number of methoxy groups -OCH3 is 1. The monoisotopic (exact) mass is 452 g/mol. The van der Waals surface area contributed by atoms with Gasteiger partial charge in [-0.05, 0) is 55.0 Å². The van der Waals surface area contributed by atoms with Gasteiger partial charge in [0, 0.05) is 11.3 Å². The Bertz CT molecular complexity index is 1090. The molecular weight excluding hydrogens is 428 g/mol. The van der Waals surface area contributed by atoms with Crippen LogP contribution in [0.4, 0.5) is 23.0 Å². The minimum absolute atomic E-state index is 0.0316. The molecule has 33 heavy (non-hydrogen) atoms. The zero-order valence-corrected chi connectivity index (χ0v) is 18.2. The molecule has 0 aliphatic heterocycles. The number of ether oxygens (including phenoxy) is 2. The van der Waals surface area contributed by atoms with Crippen LogP contribution in [0.25, 0.3) is 0 Å². The number of unbranched alkanes of at least 4 members (excludes halogenated alkanes) is 1. The zero-order valence-electron chi connectivity index (χ0n) is 18.2. The van der Waals surface area contributed by atoms with Gasteiger partial charge < -0.3 is 14.8 Å². The van der Waals surface area contributed by atoms with E-state index in [1.165, 1.54) is 7.11 Å². The third-order valence-electron chi connectivity index (χ3n) is 4.54. The maximum atomic E-state index is 12.3. The summed E-state index contributed by atoms with van der Waals surface area (Å²) in [7, 11) is 1.52. The second-order valence-electron chi connectivity index (χ2n) is 6.84. The number of hydrogen-bond donors (Lipinski definition) is 3. The van der Waals surface area contributed by atoms with Crippen LogP contribution in [-0.2, 0) is 0 Å². The van der Waals surface area contributed by atoms with E-state index >= 15 is 0 Å². The van der Waals surface area contributed by atoms with Gasteiger partial charge in [-0.3, -0.25) is 25.8 Å². The molecule has 0 atom stereocenters. The van der Waals surface area contributed by atoms with E-state index in [1.807, 2.05) is 0 Å². The second-order valence-corrected chi connectivity index (χ2v) is 6.84. The van der Waals surface area contributed by atoms with Gasteiger partial charge in [-0.1, -0.05) is 13.3 Å². The molecule has 1 heterocycles. The fourth-order valence-corrected chi connectivity index (χ4v) is 2.77. The van der Waals surface area contributed by atoms with Gasteiger partial charge in [0.1, 0.15) is 17.8 Å². The van der Waals surface area contributed by atoms with Crippen LogP contribution >= 0.6 is 0 Å². The van der Waals surface area contributed by atoms with Crippen molar-refractivity contribution >= 4 is 28.9 Å². The molecule has 11 nitrogen and oxygen atoms in total. The lowest BCUT2D eigenvalue weighted by Gasteiger charge is -2.11. The number of nitrogens with one attached hydrogen (secondary N) is 3. The van der Waals surface area contributed by atoms with Crippen molar-refractivity contribution in [2.75, 3.05) is 24.5 Å². The van der Waals surface area contributed by atoms with Crippen LogP contribution in [0.15, 0.2) is 54.9 Å². The number of nitro groups is 1. The number of carbonyl (C=O) groups excluding carboxylic acids is 1. The number of hydrazine groups is 1. The third-order valence-corrected chi connectivity index (χ3v) is 4.54. The van der Waals surface area contributed by atoms with Crippen LogP contribution < -0.4 is 25.6 Å². The Morgan fingerprint density at radius 2 is 1.70 bits per heavy atom. The number of aromatic nitrogens is 2. The number of nitrogens with zero attached hydrogens (tertiary/aromatic N) is 3. The Morgan fingerprint density at radius 1 is 1.03 bits per heavy atom. The predicted octanol–water partition coefficient (Wildman–Crippen LogP) is 4.07. The minimum Gasteiger partial charge on any atom is -0.497 e. The highest BCUT2D eigenvalue weighted by atomic mass is 16.6. The van der Waals surface area contributed by atoms with Crippen molar-refractivity contribution < 1.29 is 19.2 Å². The van der Waals surface area contributed by atoms with Gasteiger partial charge in [-0.2, -0.15) is 0 Å². The second kappa shape index (κ2) is 11.3. The van der Waals surface area contributed by atoms with Crippen molar-refractivity contribution in [3.8, 4) is 11.5 Å². The first-order valence-corrected chi connectivity index (χ1v) is 10.2. The number of anilines is 3. The summed E-state index contributed by atoms with van der Waals surface area (Å²) < 4.78 is 10.7. The zero-order chi connectivity index (χ0) is 23.6. The maximum absolute atomic E-state index is 12.3. The van der Waals surface area contributed by atoms with Crippen molar-refractivity contribution in [2.24, 2.45) is 0 Å². The van der Waals surface area contributed by atoms with Gasteiger partial charge in [0.05, 0.1) is 18.6 Å². The summed E-state index contributed by atoms with van der Waals surface area (Å²) in [5.41, 5.74) is 5.39. The molecule has 2 aromatic carbocycles. The Kier molecular flexibility index (Phi) is 7.95. The van der Waals surface area contributed by atoms with Gasteiger partial charge >= 0.3 is 5.69 Å². The molecule has 0 bridgehead atoms. The standard InChI is InChI=1S/C22H24N6O5/c1-3-4-13-33-18-11-7-16(8-12-18)25-20-19(28(30)31)21(24-14-23-20)26-27-22(29)15-5-9-17(32-2)10-6-15/h5-12,14H,3-4,13H2,1-2H3,(H,27,29)(H2,23,24,25,26). The molecule has 0 aliphatic rings. The molecule has 0 saturated carbocycles. The van der Waals surface area contributed by atoms with Gasteiger partial charge in [-0.25, -0.2) is 9.97 Å². The van der Waals surface area contributed by atoms with Crippen LogP contribution in [0, 0.1) is 10.1 Å². The molecule has 11 heteroatoms. The maximum Gasteiger partial charge on any atom is 0.355 e. The fraction of sp³-hybridized carbons (Fsp3) is 0.227. The Labute approximate surface area is 190 Å².